The molecule has 0 aliphatic rings. The third-order valence-corrected chi connectivity index (χ3v) is 2.62. The first kappa shape index (κ1) is 10.3. The van der Waals surface area contributed by atoms with Gasteiger partial charge in [0.15, 0.2) is 15.8 Å². The standard InChI is InChI=1S/C6H5ClN4S2/c1-12-6(10-3-8)11-4-2-9-5(7)13-4/h2H,1H3,(H,10,11). The molecular weight excluding hydrogens is 228 g/mol. The minimum absolute atomic E-state index is 0.441. The van der Waals surface area contributed by atoms with E-state index in [9.17, 15) is 0 Å². The van der Waals surface area contributed by atoms with Gasteiger partial charge in [-0.15, -0.1) is 0 Å². The first-order valence-corrected chi connectivity index (χ1v) is 5.57. The van der Waals surface area contributed by atoms with Crippen LogP contribution in [0.15, 0.2) is 11.2 Å². The van der Waals surface area contributed by atoms with E-state index in [1.807, 2.05) is 6.26 Å². The highest BCUT2D eigenvalue weighted by atomic mass is 35.5. The number of aliphatic imine (C=N–C) groups is 1. The Morgan fingerprint density at radius 2 is 2.69 bits per heavy atom. The largest absolute Gasteiger partial charge is 0.271 e. The predicted octanol–water partition coefficient (Wildman–Crippen LogP) is 2.22. The van der Waals surface area contributed by atoms with Crippen molar-refractivity contribution >= 4 is 44.9 Å². The van der Waals surface area contributed by atoms with Crippen molar-refractivity contribution in [3.8, 4) is 6.19 Å². The molecular formula is C6H5ClN4S2. The van der Waals surface area contributed by atoms with E-state index >= 15 is 0 Å². The molecule has 0 atom stereocenters. The van der Waals surface area contributed by atoms with Crippen molar-refractivity contribution in [2.75, 3.05) is 6.26 Å². The molecule has 0 amide bonds. The molecule has 0 spiro atoms. The summed E-state index contributed by atoms with van der Waals surface area (Å²) in [5.74, 6) is 0. The van der Waals surface area contributed by atoms with Crippen LogP contribution in [0.1, 0.15) is 0 Å². The number of thiazole rings is 1. The Morgan fingerprint density at radius 3 is 3.15 bits per heavy atom. The van der Waals surface area contributed by atoms with Gasteiger partial charge in [0.1, 0.15) is 5.00 Å². The van der Waals surface area contributed by atoms with Crippen LogP contribution in [0.25, 0.3) is 0 Å². The molecule has 1 aromatic heterocycles. The van der Waals surface area contributed by atoms with Crippen molar-refractivity contribution in [3.63, 3.8) is 0 Å². The van der Waals surface area contributed by atoms with Gasteiger partial charge in [-0.1, -0.05) is 34.7 Å². The fraction of sp³-hybridized carbons (Fsp3) is 0.167. The second-order valence-electron chi connectivity index (χ2n) is 1.81. The first-order valence-electron chi connectivity index (χ1n) is 3.15. The molecule has 0 radical (unpaired) electrons. The molecule has 0 bridgehead atoms. The molecule has 0 unspecified atom stereocenters. The smallest absolute Gasteiger partial charge is 0.185 e. The van der Waals surface area contributed by atoms with Gasteiger partial charge in [-0.3, -0.25) is 5.32 Å². The molecule has 1 heterocycles. The molecule has 1 N–H and O–H groups in total. The van der Waals surface area contributed by atoms with E-state index in [1.165, 1.54) is 23.1 Å². The van der Waals surface area contributed by atoms with Crippen molar-refractivity contribution in [2.45, 2.75) is 0 Å². The number of hydrogen-bond donors (Lipinski definition) is 1. The second-order valence-corrected chi connectivity index (χ2v) is 4.20. The number of nitrogens with zero attached hydrogens (tertiary/aromatic N) is 3. The summed E-state index contributed by atoms with van der Waals surface area (Å²) in [6.07, 6.45) is 5.18. The maximum atomic E-state index is 8.36. The summed E-state index contributed by atoms with van der Waals surface area (Å²) in [6, 6.07) is 0. The molecule has 0 aliphatic carbocycles. The number of hydrogen-bond acceptors (Lipinski definition) is 5. The van der Waals surface area contributed by atoms with Crippen LogP contribution in [0.3, 0.4) is 0 Å². The monoisotopic (exact) mass is 232 g/mol. The number of thioether (sulfide) groups is 1. The predicted molar refractivity (Wildman–Crippen MR) is 56.5 cm³/mol. The average molecular weight is 233 g/mol. The number of nitriles is 1. The highest BCUT2D eigenvalue weighted by Gasteiger charge is 1.99. The lowest BCUT2D eigenvalue weighted by Gasteiger charge is -1.95. The van der Waals surface area contributed by atoms with Crippen LogP contribution in [-0.4, -0.2) is 16.4 Å². The fourth-order valence-corrected chi connectivity index (χ4v) is 1.77. The normalized spacial score (nSPS) is 11.0. The zero-order valence-corrected chi connectivity index (χ0v) is 9.00. The second kappa shape index (κ2) is 5.07. The Hall–Kier alpha value is -0.770. The van der Waals surface area contributed by atoms with E-state index in [2.05, 4.69) is 15.3 Å². The molecule has 0 fully saturated rings. The molecule has 0 saturated heterocycles. The third kappa shape index (κ3) is 3.22. The van der Waals surface area contributed by atoms with Crippen molar-refractivity contribution < 1.29 is 0 Å². The maximum absolute atomic E-state index is 8.36. The Bertz CT molecular complexity index is 354. The van der Waals surface area contributed by atoms with Gasteiger partial charge in [-0.25, -0.2) is 9.98 Å². The highest BCUT2D eigenvalue weighted by molar-refractivity contribution is 8.13. The molecule has 13 heavy (non-hydrogen) atoms. The Labute approximate surface area is 88.7 Å². The molecule has 0 aromatic carbocycles. The van der Waals surface area contributed by atoms with Gasteiger partial charge in [0.05, 0.1) is 6.20 Å². The SMILES string of the molecule is CSC(=Nc1cnc(Cl)s1)NC#N. The van der Waals surface area contributed by atoms with E-state index in [-0.39, 0.29) is 0 Å². The Morgan fingerprint density at radius 1 is 1.92 bits per heavy atom. The lowest BCUT2D eigenvalue weighted by atomic mass is 10.8. The van der Waals surface area contributed by atoms with Gasteiger partial charge < -0.3 is 0 Å². The number of halogens is 1. The van der Waals surface area contributed by atoms with Crippen LogP contribution >= 0.6 is 34.7 Å². The molecule has 0 saturated carbocycles. The minimum atomic E-state index is 0.441. The topological polar surface area (TPSA) is 61.1 Å². The van der Waals surface area contributed by atoms with Crippen LogP contribution < -0.4 is 5.32 Å². The molecule has 7 heteroatoms. The summed E-state index contributed by atoms with van der Waals surface area (Å²) in [5.41, 5.74) is 0. The van der Waals surface area contributed by atoms with Crippen LogP contribution in [0.2, 0.25) is 4.47 Å². The van der Waals surface area contributed by atoms with E-state index < -0.39 is 0 Å². The molecule has 0 aliphatic heterocycles. The van der Waals surface area contributed by atoms with Crippen LogP contribution in [0.5, 0.6) is 0 Å². The van der Waals surface area contributed by atoms with Crippen LogP contribution in [0.4, 0.5) is 5.00 Å². The van der Waals surface area contributed by atoms with Crippen molar-refractivity contribution in [2.24, 2.45) is 4.99 Å². The summed E-state index contributed by atoms with van der Waals surface area (Å²) < 4.78 is 0.441. The number of nitrogens with one attached hydrogen (secondary N) is 1. The minimum Gasteiger partial charge on any atom is -0.271 e. The van der Waals surface area contributed by atoms with Crippen molar-refractivity contribution in [1.29, 1.82) is 5.26 Å². The van der Waals surface area contributed by atoms with Gasteiger partial charge in [0.25, 0.3) is 0 Å². The first-order chi connectivity index (χ1) is 6.26. The third-order valence-electron chi connectivity index (χ3n) is 1.03. The van der Waals surface area contributed by atoms with Gasteiger partial charge in [-0.05, 0) is 6.26 Å². The van der Waals surface area contributed by atoms with E-state index in [4.69, 9.17) is 16.9 Å². The molecule has 4 nitrogen and oxygen atoms in total. The number of rotatable bonds is 1. The average Bonchev–Trinajstić information content (AvgIpc) is 2.50. The summed E-state index contributed by atoms with van der Waals surface area (Å²) in [6.45, 7) is 0. The quantitative estimate of drug-likeness (QED) is 0.349. The zero-order chi connectivity index (χ0) is 9.68. The van der Waals surface area contributed by atoms with E-state index in [1.54, 1.807) is 12.4 Å². The summed E-state index contributed by atoms with van der Waals surface area (Å²) in [5, 5.41) is 12.0. The Kier molecular flexibility index (Phi) is 4.02. The van der Waals surface area contributed by atoms with Gasteiger partial charge in [0, 0.05) is 0 Å². The fourth-order valence-electron chi connectivity index (χ4n) is 0.569. The Balaban J connectivity index is 2.79. The molecule has 68 valence electrons. The van der Waals surface area contributed by atoms with Crippen LogP contribution in [-0.2, 0) is 0 Å². The summed E-state index contributed by atoms with van der Waals surface area (Å²) in [7, 11) is 0. The lowest BCUT2D eigenvalue weighted by Crippen LogP contribution is -2.12. The van der Waals surface area contributed by atoms with Gasteiger partial charge >= 0.3 is 0 Å². The molecule has 1 rings (SSSR count). The zero-order valence-electron chi connectivity index (χ0n) is 6.61. The lowest BCUT2D eigenvalue weighted by molar-refractivity contribution is 1.28. The van der Waals surface area contributed by atoms with Crippen LogP contribution in [0, 0.1) is 11.5 Å². The van der Waals surface area contributed by atoms with Crippen molar-refractivity contribution in [3.05, 3.63) is 10.7 Å². The summed E-state index contributed by atoms with van der Waals surface area (Å²) >= 11 is 8.22. The van der Waals surface area contributed by atoms with Gasteiger partial charge in [-0.2, -0.15) is 5.26 Å². The van der Waals surface area contributed by atoms with E-state index in [0.717, 1.165) is 0 Å². The maximum Gasteiger partial charge on any atom is 0.185 e. The summed E-state index contributed by atoms with van der Waals surface area (Å²) in [4.78, 5) is 7.93. The number of amidine groups is 1. The van der Waals surface area contributed by atoms with E-state index in [0.29, 0.717) is 14.6 Å². The van der Waals surface area contributed by atoms with Gasteiger partial charge in [0.2, 0.25) is 0 Å². The van der Waals surface area contributed by atoms with Crippen molar-refractivity contribution in [1.82, 2.24) is 10.3 Å². The molecule has 1 aromatic rings. The number of aromatic nitrogens is 1. The highest BCUT2D eigenvalue weighted by Crippen LogP contribution is 2.26.